The third-order valence-corrected chi connectivity index (χ3v) is 4.83. The summed E-state index contributed by atoms with van der Waals surface area (Å²) in [6, 6.07) is 10.4. The largest absolute Gasteiger partial charge is 0.493 e. The molecule has 0 saturated heterocycles. The Kier molecular flexibility index (Phi) is 6.65. The zero-order chi connectivity index (χ0) is 21.9. The first-order valence-corrected chi connectivity index (χ1v) is 10.4. The number of aromatic amines is 1. The van der Waals surface area contributed by atoms with E-state index in [9.17, 15) is 9.18 Å². The van der Waals surface area contributed by atoms with E-state index in [0.29, 0.717) is 36.6 Å². The molecule has 0 unspecified atom stereocenters. The topological polar surface area (TPSA) is 67.5 Å². The number of hydrogen-bond acceptors (Lipinski definition) is 4. The second-order valence-electron chi connectivity index (χ2n) is 8.01. The van der Waals surface area contributed by atoms with E-state index in [2.05, 4.69) is 26.1 Å². The van der Waals surface area contributed by atoms with Crippen LogP contribution in [-0.4, -0.2) is 47.0 Å². The van der Waals surface area contributed by atoms with Crippen molar-refractivity contribution in [2.45, 2.75) is 32.8 Å². The molecule has 3 aromatic rings. The molecule has 0 atom stereocenters. The van der Waals surface area contributed by atoms with Crippen LogP contribution in [0, 0.1) is 5.82 Å². The minimum Gasteiger partial charge on any atom is -0.493 e. The Hall–Kier alpha value is -2.61. The molecule has 6 nitrogen and oxygen atoms in total. The van der Waals surface area contributed by atoms with Crippen molar-refractivity contribution < 1.29 is 18.7 Å². The molecule has 1 aromatic heterocycles. The third-order valence-electron chi connectivity index (χ3n) is 4.33. The highest BCUT2D eigenvalue weighted by Gasteiger charge is 2.19. The van der Waals surface area contributed by atoms with E-state index >= 15 is 0 Å². The van der Waals surface area contributed by atoms with Gasteiger partial charge in [-0.1, -0.05) is 15.9 Å². The molecule has 2 aromatic carbocycles. The van der Waals surface area contributed by atoms with Gasteiger partial charge in [0.2, 0.25) is 0 Å². The number of amides is 1. The van der Waals surface area contributed by atoms with E-state index < -0.39 is 11.4 Å². The number of aromatic nitrogens is 2. The number of nitrogens with zero attached hydrogens (tertiary/aromatic N) is 2. The number of benzene rings is 2. The van der Waals surface area contributed by atoms with Crippen molar-refractivity contribution >= 4 is 32.9 Å². The lowest BCUT2D eigenvalue weighted by Gasteiger charge is -2.24. The predicted molar refractivity (Wildman–Crippen MR) is 118 cm³/mol. The summed E-state index contributed by atoms with van der Waals surface area (Å²) in [5.74, 6) is 0.0217. The molecule has 0 aliphatic heterocycles. The summed E-state index contributed by atoms with van der Waals surface area (Å²) in [7, 11) is 1.68. The number of H-pyrrole nitrogens is 1. The van der Waals surface area contributed by atoms with E-state index in [0.717, 1.165) is 15.4 Å². The van der Waals surface area contributed by atoms with Crippen LogP contribution < -0.4 is 4.74 Å². The molecule has 1 heterocycles. The Morgan fingerprint density at radius 1 is 1.23 bits per heavy atom. The number of hydrogen-bond donors (Lipinski definition) is 1. The minimum atomic E-state index is -0.530. The number of ether oxygens (including phenoxy) is 2. The van der Waals surface area contributed by atoms with Crippen molar-refractivity contribution in [3.8, 4) is 17.0 Å². The fraction of sp³-hybridized carbons (Fsp3) is 0.364. The fourth-order valence-electron chi connectivity index (χ4n) is 2.90. The molecule has 3 rings (SSSR count). The quantitative estimate of drug-likeness (QED) is 0.457. The van der Waals surface area contributed by atoms with Gasteiger partial charge in [0, 0.05) is 35.1 Å². The van der Waals surface area contributed by atoms with Gasteiger partial charge in [0.1, 0.15) is 22.9 Å². The van der Waals surface area contributed by atoms with Crippen molar-refractivity contribution in [3.63, 3.8) is 0 Å². The van der Waals surface area contributed by atoms with Gasteiger partial charge >= 0.3 is 6.09 Å². The molecule has 160 valence electrons. The average molecular weight is 478 g/mol. The first-order valence-electron chi connectivity index (χ1n) is 9.64. The molecule has 0 aliphatic carbocycles. The van der Waals surface area contributed by atoms with Gasteiger partial charge in [0.15, 0.2) is 0 Å². The Balaban J connectivity index is 1.57. The molecule has 30 heavy (non-hydrogen) atoms. The van der Waals surface area contributed by atoms with Crippen LogP contribution in [0.2, 0.25) is 0 Å². The van der Waals surface area contributed by atoms with Crippen molar-refractivity contribution in [3.05, 3.63) is 46.7 Å². The van der Waals surface area contributed by atoms with E-state index in [1.54, 1.807) is 19.2 Å². The van der Waals surface area contributed by atoms with Crippen LogP contribution in [0.1, 0.15) is 27.2 Å². The van der Waals surface area contributed by atoms with E-state index in [1.807, 2.05) is 39.0 Å². The second-order valence-corrected chi connectivity index (χ2v) is 8.92. The molecular weight excluding hydrogens is 453 g/mol. The summed E-state index contributed by atoms with van der Waals surface area (Å²) in [5.41, 5.74) is 1.26. The van der Waals surface area contributed by atoms with Crippen molar-refractivity contribution in [2.24, 2.45) is 0 Å². The Bertz CT molecular complexity index is 1050. The van der Waals surface area contributed by atoms with Crippen LogP contribution in [0.3, 0.4) is 0 Å². The SMILES string of the molecule is CN(CCCOc1ccc(-c2n[nH]c3cc(Br)ccc23)c(F)c1)C(=O)OC(C)(C)C. The Morgan fingerprint density at radius 2 is 2.00 bits per heavy atom. The van der Waals surface area contributed by atoms with Crippen LogP contribution in [-0.2, 0) is 4.74 Å². The fourth-order valence-corrected chi connectivity index (χ4v) is 3.26. The van der Waals surface area contributed by atoms with Crippen LogP contribution in [0.25, 0.3) is 22.2 Å². The Labute approximate surface area is 183 Å². The summed E-state index contributed by atoms with van der Waals surface area (Å²) in [6.45, 7) is 6.30. The number of rotatable bonds is 6. The molecule has 0 fully saturated rings. The first kappa shape index (κ1) is 22.1. The number of nitrogens with one attached hydrogen (secondary N) is 1. The van der Waals surface area contributed by atoms with Crippen LogP contribution in [0.15, 0.2) is 40.9 Å². The highest BCUT2D eigenvalue weighted by molar-refractivity contribution is 9.10. The first-order chi connectivity index (χ1) is 14.1. The van der Waals surface area contributed by atoms with Crippen LogP contribution in [0.5, 0.6) is 5.75 Å². The molecular formula is C22H25BrFN3O3. The predicted octanol–water partition coefficient (Wildman–Crippen LogP) is 5.77. The lowest BCUT2D eigenvalue weighted by Crippen LogP contribution is -2.35. The molecule has 0 saturated carbocycles. The maximum atomic E-state index is 14.7. The van der Waals surface area contributed by atoms with Gasteiger partial charge in [-0.05, 0) is 57.5 Å². The highest BCUT2D eigenvalue weighted by Crippen LogP contribution is 2.31. The van der Waals surface area contributed by atoms with E-state index in [4.69, 9.17) is 9.47 Å². The van der Waals surface area contributed by atoms with Gasteiger partial charge in [-0.15, -0.1) is 0 Å². The van der Waals surface area contributed by atoms with Crippen molar-refractivity contribution in [1.82, 2.24) is 15.1 Å². The van der Waals surface area contributed by atoms with Crippen molar-refractivity contribution in [2.75, 3.05) is 20.2 Å². The number of fused-ring (bicyclic) bond motifs is 1. The summed E-state index contributed by atoms with van der Waals surface area (Å²) in [4.78, 5) is 13.4. The van der Waals surface area contributed by atoms with Gasteiger partial charge in [0.05, 0.1) is 12.1 Å². The zero-order valence-electron chi connectivity index (χ0n) is 17.5. The number of carbonyl (C=O) groups is 1. The van der Waals surface area contributed by atoms with Crippen LogP contribution >= 0.6 is 15.9 Å². The van der Waals surface area contributed by atoms with E-state index in [1.165, 1.54) is 11.0 Å². The maximum Gasteiger partial charge on any atom is 0.410 e. The molecule has 1 amide bonds. The second kappa shape index (κ2) is 9.04. The zero-order valence-corrected chi connectivity index (χ0v) is 19.0. The summed E-state index contributed by atoms with van der Waals surface area (Å²) in [5, 5.41) is 8.03. The summed E-state index contributed by atoms with van der Waals surface area (Å²) in [6.07, 6.45) is 0.217. The summed E-state index contributed by atoms with van der Waals surface area (Å²) < 4.78 is 26.6. The van der Waals surface area contributed by atoms with Gasteiger partial charge in [-0.25, -0.2) is 9.18 Å². The monoisotopic (exact) mass is 477 g/mol. The maximum absolute atomic E-state index is 14.7. The molecule has 0 spiro atoms. The standard InChI is InChI=1S/C22H25BrFN3O3/c1-22(2,3)30-21(28)27(4)10-5-11-29-15-7-9-16(18(24)13-15)20-17-8-6-14(23)12-19(17)25-26-20/h6-9,12-13H,5,10-11H2,1-4H3,(H,25,26). The smallest absolute Gasteiger partial charge is 0.410 e. The van der Waals surface area contributed by atoms with Gasteiger partial charge in [0.25, 0.3) is 0 Å². The molecule has 0 radical (unpaired) electrons. The van der Waals surface area contributed by atoms with Gasteiger partial charge < -0.3 is 14.4 Å². The van der Waals surface area contributed by atoms with Crippen molar-refractivity contribution in [1.29, 1.82) is 0 Å². The number of carbonyl (C=O) groups excluding carboxylic acids is 1. The minimum absolute atomic E-state index is 0.352. The lowest BCUT2D eigenvalue weighted by atomic mass is 10.1. The molecule has 8 heteroatoms. The molecule has 0 aliphatic rings. The highest BCUT2D eigenvalue weighted by atomic mass is 79.9. The third kappa shape index (κ3) is 5.50. The van der Waals surface area contributed by atoms with Crippen LogP contribution in [0.4, 0.5) is 9.18 Å². The molecule has 0 bridgehead atoms. The number of halogens is 2. The Morgan fingerprint density at radius 3 is 2.70 bits per heavy atom. The summed E-state index contributed by atoms with van der Waals surface area (Å²) >= 11 is 3.41. The molecule has 1 N–H and O–H groups in total. The van der Waals surface area contributed by atoms with E-state index in [-0.39, 0.29) is 6.09 Å². The van der Waals surface area contributed by atoms with Gasteiger partial charge in [-0.2, -0.15) is 5.10 Å². The lowest BCUT2D eigenvalue weighted by molar-refractivity contribution is 0.0292. The normalized spacial score (nSPS) is 11.5. The van der Waals surface area contributed by atoms with Gasteiger partial charge in [-0.3, -0.25) is 5.10 Å². The average Bonchev–Trinajstić information content (AvgIpc) is 3.06.